The van der Waals surface area contributed by atoms with Crippen molar-refractivity contribution in [3.63, 3.8) is 0 Å². The average molecular weight is 285 g/mol. The van der Waals surface area contributed by atoms with Gasteiger partial charge in [0, 0.05) is 17.9 Å². The molecule has 7 heteroatoms. The van der Waals surface area contributed by atoms with Crippen LogP contribution in [0, 0.1) is 12.3 Å². The van der Waals surface area contributed by atoms with Gasteiger partial charge in [-0.1, -0.05) is 18.2 Å². The van der Waals surface area contributed by atoms with Crippen molar-refractivity contribution in [2.75, 3.05) is 0 Å². The molecule has 3 N–H and O–H groups in total. The van der Waals surface area contributed by atoms with Crippen molar-refractivity contribution in [3.05, 3.63) is 41.8 Å². The second-order valence-electron chi connectivity index (χ2n) is 4.13. The normalized spacial score (nSPS) is 10.8. The molecule has 0 unspecified atom stereocenters. The summed E-state index contributed by atoms with van der Waals surface area (Å²) < 4.78 is 5.32. The summed E-state index contributed by atoms with van der Waals surface area (Å²) in [5.74, 6) is 0.507. The maximum absolute atomic E-state index is 7.69. The number of nitrogens with one attached hydrogen (secondary N) is 1. The maximum Gasteiger partial charge on any atom is 0.282 e. The van der Waals surface area contributed by atoms with Crippen LogP contribution in [0.3, 0.4) is 0 Å². The molecule has 1 aromatic carbocycles. The fourth-order valence-electron chi connectivity index (χ4n) is 1.84. The second-order valence-corrected chi connectivity index (χ2v) is 5.10. The lowest BCUT2D eigenvalue weighted by molar-refractivity contribution is 0.429. The number of amidine groups is 1. The lowest BCUT2D eigenvalue weighted by Crippen LogP contribution is -2.12. The number of aromatic nitrogens is 3. The number of fused-ring (bicyclic) bond motifs is 1. The summed E-state index contributed by atoms with van der Waals surface area (Å²) in [4.78, 5) is 4.51. The topological polar surface area (TPSA) is 102 Å². The van der Waals surface area contributed by atoms with E-state index in [4.69, 9.17) is 15.6 Å². The highest BCUT2D eigenvalue weighted by molar-refractivity contribution is 7.99. The Morgan fingerprint density at radius 3 is 2.80 bits per heavy atom. The Morgan fingerprint density at radius 2 is 2.10 bits per heavy atom. The monoisotopic (exact) mass is 285 g/mol. The molecule has 0 fully saturated rings. The predicted molar refractivity (Wildman–Crippen MR) is 75.9 cm³/mol. The van der Waals surface area contributed by atoms with Crippen molar-refractivity contribution < 1.29 is 4.42 Å². The summed E-state index contributed by atoms with van der Waals surface area (Å²) in [6.07, 6.45) is 0. The molecule has 0 radical (unpaired) electrons. The minimum Gasteiger partial charge on any atom is -0.416 e. The van der Waals surface area contributed by atoms with Gasteiger partial charge in [0.2, 0.25) is 5.89 Å². The Morgan fingerprint density at radius 1 is 1.30 bits per heavy atom. The van der Waals surface area contributed by atoms with Gasteiger partial charge < -0.3 is 10.2 Å². The van der Waals surface area contributed by atoms with Crippen LogP contribution >= 0.6 is 11.8 Å². The van der Waals surface area contributed by atoms with E-state index >= 15 is 0 Å². The van der Waals surface area contributed by atoms with Crippen LogP contribution in [0.1, 0.15) is 11.5 Å². The number of nitrogens with two attached hydrogens (primary N) is 1. The van der Waals surface area contributed by atoms with Crippen LogP contribution in [-0.2, 0) is 0 Å². The molecule has 0 amide bonds. The number of pyridine rings is 1. The van der Waals surface area contributed by atoms with Gasteiger partial charge in [-0.25, -0.2) is 4.98 Å². The Balaban J connectivity index is 2.10. The van der Waals surface area contributed by atoms with E-state index in [0.717, 1.165) is 10.9 Å². The first-order valence-electron chi connectivity index (χ1n) is 5.85. The van der Waals surface area contributed by atoms with E-state index in [-0.39, 0.29) is 5.84 Å². The second kappa shape index (κ2) is 4.93. The van der Waals surface area contributed by atoms with Gasteiger partial charge in [0.05, 0.1) is 5.52 Å². The summed E-state index contributed by atoms with van der Waals surface area (Å²) >= 11 is 1.25. The van der Waals surface area contributed by atoms with Gasteiger partial charge in [0.1, 0.15) is 10.9 Å². The zero-order chi connectivity index (χ0) is 14.1. The van der Waals surface area contributed by atoms with Gasteiger partial charge >= 0.3 is 0 Å². The van der Waals surface area contributed by atoms with Gasteiger partial charge in [-0.2, -0.15) is 0 Å². The molecule has 2 heterocycles. The van der Waals surface area contributed by atoms with Crippen LogP contribution in [0.5, 0.6) is 0 Å². The Hall–Kier alpha value is -2.41. The molecule has 2 aromatic heterocycles. The Labute approximate surface area is 118 Å². The molecule has 100 valence electrons. The molecule has 0 spiro atoms. The summed E-state index contributed by atoms with van der Waals surface area (Å²) in [5.41, 5.74) is 7.07. The number of hydrogen-bond donors (Lipinski definition) is 2. The van der Waals surface area contributed by atoms with E-state index in [2.05, 4.69) is 15.2 Å². The number of rotatable bonds is 3. The molecule has 0 saturated heterocycles. The molecular formula is C13H11N5OS. The molecule has 0 aliphatic carbocycles. The molecule has 3 rings (SSSR count). The molecule has 0 aliphatic heterocycles. The first kappa shape index (κ1) is 12.6. The lowest BCUT2D eigenvalue weighted by Gasteiger charge is -2.06. The smallest absolute Gasteiger partial charge is 0.282 e. The maximum atomic E-state index is 7.69. The van der Waals surface area contributed by atoms with E-state index < -0.39 is 0 Å². The molecule has 0 saturated carbocycles. The highest BCUT2D eigenvalue weighted by Gasteiger charge is 2.11. The number of para-hydroxylation sites is 1. The molecule has 0 aliphatic rings. The summed E-state index contributed by atoms with van der Waals surface area (Å²) in [6, 6.07) is 9.32. The van der Waals surface area contributed by atoms with Crippen LogP contribution < -0.4 is 5.73 Å². The number of nitrogens with zero attached hydrogens (tertiary/aromatic N) is 3. The molecular weight excluding hydrogens is 274 g/mol. The van der Waals surface area contributed by atoms with E-state index in [0.29, 0.717) is 21.7 Å². The average Bonchev–Trinajstić information content (AvgIpc) is 2.83. The summed E-state index contributed by atoms with van der Waals surface area (Å²) in [5, 5.41) is 17.3. The summed E-state index contributed by atoms with van der Waals surface area (Å²) in [6.45, 7) is 1.73. The van der Waals surface area contributed by atoms with Crippen molar-refractivity contribution in [2.45, 2.75) is 17.2 Å². The van der Waals surface area contributed by atoms with E-state index in [1.807, 2.05) is 24.3 Å². The van der Waals surface area contributed by atoms with Gasteiger partial charge in [0.25, 0.3) is 5.22 Å². The Bertz CT molecular complexity index is 798. The molecule has 20 heavy (non-hydrogen) atoms. The van der Waals surface area contributed by atoms with E-state index in [1.54, 1.807) is 13.0 Å². The number of benzene rings is 1. The molecule has 0 bridgehead atoms. The fraction of sp³-hybridized carbons (Fsp3) is 0.0769. The van der Waals surface area contributed by atoms with Gasteiger partial charge in [0.15, 0.2) is 0 Å². The van der Waals surface area contributed by atoms with E-state index in [9.17, 15) is 0 Å². The Kier molecular flexibility index (Phi) is 3.11. The van der Waals surface area contributed by atoms with Crippen molar-refractivity contribution in [3.8, 4) is 0 Å². The van der Waals surface area contributed by atoms with Gasteiger partial charge in [-0.3, -0.25) is 5.41 Å². The van der Waals surface area contributed by atoms with Gasteiger partial charge in [-0.05, 0) is 23.9 Å². The van der Waals surface area contributed by atoms with Crippen molar-refractivity contribution in [2.24, 2.45) is 5.73 Å². The largest absolute Gasteiger partial charge is 0.416 e. The van der Waals surface area contributed by atoms with Gasteiger partial charge in [-0.15, -0.1) is 10.2 Å². The van der Waals surface area contributed by atoms with Crippen molar-refractivity contribution in [1.82, 2.24) is 15.2 Å². The zero-order valence-corrected chi connectivity index (χ0v) is 11.4. The van der Waals surface area contributed by atoms with Crippen LogP contribution in [0.25, 0.3) is 10.9 Å². The fourth-order valence-corrected chi connectivity index (χ4v) is 2.58. The van der Waals surface area contributed by atoms with Crippen LogP contribution in [-0.4, -0.2) is 21.0 Å². The third-order valence-corrected chi connectivity index (χ3v) is 3.44. The van der Waals surface area contributed by atoms with Crippen LogP contribution in [0.2, 0.25) is 0 Å². The third kappa shape index (κ3) is 2.35. The number of nitrogen functional groups attached to an aromatic ring is 1. The third-order valence-electron chi connectivity index (χ3n) is 2.68. The number of aryl methyl sites for hydroxylation is 1. The number of hydrogen-bond acceptors (Lipinski definition) is 6. The quantitative estimate of drug-likeness (QED) is 0.566. The van der Waals surface area contributed by atoms with Crippen molar-refractivity contribution in [1.29, 1.82) is 5.41 Å². The zero-order valence-electron chi connectivity index (χ0n) is 10.6. The predicted octanol–water partition coefficient (Wildman–Crippen LogP) is 2.36. The lowest BCUT2D eigenvalue weighted by atomic mass is 10.1. The first-order chi connectivity index (χ1) is 9.63. The SMILES string of the molecule is Cc1nnc(Sc2cc(C(=N)N)c3ccccc3n2)o1. The molecule has 3 aromatic rings. The highest BCUT2D eigenvalue weighted by Crippen LogP contribution is 2.28. The van der Waals surface area contributed by atoms with Crippen LogP contribution in [0.15, 0.2) is 45.0 Å². The standard InChI is InChI=1S/C13H11N5OS/c1-7-17-18-13(19-7)20-11-6-9(12(14)15)8-4-2-3-5-10(8)16-11/h2-6H,1H3,(H3,14,15). The highest BCUT2D eigenvalue weighted by atomic mass is 32.2. The van der Waals surface area contributed by atoms with E-state index in [1.165, 1.54) is 11.8 Å². The minimum absolute atomic E-state index is 0.00663. The molecule has 0 atom stereocenters. The minimum atomic E-state index is 0.00663. The first-order valence-corrected chi connectivity index (χ1v) is 6.67. The van der Waals surface area contributed by atoms with Crippen molar-refractivity contribution >= 4 is 28.5 Å². The van der Waals surface area contributed by atoms with Crippen LogP contribution in [0.4, 0.5) is 0 Å². The summed E-state index contributed by atoms with van der Waals surface area (Å²) in [7, 11) is 0. The molecule has 6 nitrogen and oxygen atoms in total.